The first-order valence-electron chi connectivity index (χ1n) is 7.98. The number of halogens is 1. The van der Waals surface area contributed by atoms with Crippen LogP contribution in [0.2, 0.25) is 5.02 Å². The normalized spacial score (nSPS) is 15.3. The Balaban J connectivity index is 2.02. The number of ether oxygens (including phenoxy) is 1. The maximum absolute atomic E-state index is 12.1. The second-order valence-electron chi connectivity index (χ2n) is 5.77. The number of hydrogen-bond acceptors (Lipinski definition) is 4. The van der Waals surface area contributed by atoms with Crippen molar-refractivity contribution in [2.75, 3.05) is 18.1 Å². The van der Waals surface area contributed by atoms with Crippen molar-refractivity contribution >= 4 is 35.1 Å². The fraction of sp³-hybridized carbons (Fsp3) is 0.471. The van der Waals surface area contributed by atoms with Gasteiger partial charge < -0.3 is 15.0 Å². The standard InChI is InChI=1S/C17H21ClN2O4/c1-3-11(2)19-15(21)10-24-17(23)12-6-7-13(18)14(9-12)20-8-4-5-16(20)22/h6-7,9,11H,3-5,8,10H2,1-2H3,(H,19,21)/t11-/m1/s1. The molecular formula is C17H21ClN2O4. The molecule has 1 aliphatic heterocycles. The number of anilines is 1. The number of nitrogens with one attached hydrogen (secondary N) is 1. The zero-order valence-electron chi connectivity index (χ0n) is 13.8. The quantitative estimate of drug-likeness (QED) is 0.798. The largest absolute Gasteiger partial charge is 0.452 e. The molecule has 1 heterocycles. The zero-order chi connectivity index (χ0) is 17.7. The number of nitrogens with zero attached hydrogens (tertiary/aromatic N) is 1. The van der Waals surface area contributed by atoms with Crippen LogP contribution in [-0.4, -0.2) is 37.0 Å². The minimum absolute atomic E-state index is 0.0182. The van der Waals surface area contributed by atoms with E-state index in [9.17, 15) is 14.4 Å². The van der Waals surface area contributed by atoms with Gasteiger partial charge in [0.15, 0.2) is 6.61 Å². The lowest BCUT2D eigenvalue weighted by molar-refractivity contribution is -0.124. The van der Waals surface area contributed by atoms with E-state index in [1.807, 2.05) is 13.8 Å². The van der Waals surface area contributed by atoms with Crippen LogP contribution in [0.5, 0.6) is 0 Å². The van der Waals surface area contributed by atoms with E-state index in [1.165, 1.54) is 12.1 Å². The molecule has 1 N–H and O–H groups in total. The third-order valence-corrected chi connectivity index (χ3v) is 4.22. The predicted octanol–water partition coefficient (Wildman–Crippen LogP) is 2.54. The molecule has 0 saturated carbocycles. The van der Waals surface area contributed by atoms with Gasteiger partial charge in [0.2, 0.25) is 5.91 Å². The van der Waals surface area contributed by atoms with Crippen molar-refractivity contribution in [3.05, 3.63) is 28.8 Å². The summed E-state index contributed by atoms with van der Waals surface area (Å²) in [5, 5.41) is 3.12. The van der Waals surface area contributed by atoms with Crippen molar-refractivity contribution in [2.45, 2.75) is 39.2 Å². The van der Waals surface area contributed by atoms with Gasteiger partial charge in [0.05, 0.1) is 16.3 Å². The van der Waals surface area contributed by atoms with E-state index in [4.69, 9.17) is 16.3 Å². The van der Waals surface area contributed by atoms with E-state index in [1.54, 1.807) is 11.0 Å². The highest BCUT2D eigenvalue weighted by Gasteiger charge is 2.24. The molecule has 24 heavy (non-hydrogen) atoms. The van der Waals surface area contributed by atoms with Crippen molar-refractivity contribution in [3.8, 4) is 0 Å². The molecule has 1 saturated heterocycles. The van der Waals surface area contributed by atoms with E-state index in [-0.39, 0.29) is 30.0 Å². The molecule has 2 rings (SSSR count). The highest BCUT2D eigenvalue weighted by Crippen LogP contribution is 2.30. The minimum Gasteiger partial charge on any atom is -0.452 e. The Kier molecular flexibility index (Phi) is 6.20. The number of benzene rings is 1. The Hall–Kier alpha value is -2.08. The molecular weight excluding hydrogens is 332 g/mol. The van der Waals surface area contributed by atoms with Gasteiger partial charge in [-0.05, 0) is 38.0 Å². The van der Waals surface area contributed by atoms with Crippen molar-refractivity contribution < 1.29 is 19.1 Å². The van der Waals surface area contributed by atoms with Crippen LogP contribution in [0, 0.1) is 0 Å². The number of esters is 1. The second kappa shape index (κ2) is 8.15. The molecule has 0 radical (unpaired) electrons. The van der Waals surface area contributed by atoms with Gasteiger partial charge in [0.1, 0.15) is 0 Å². The van der Waals surface area contributed by atoms with Crippen LogP contribution in [0.3, 0.4) is 0 Å². The minimum atomic E-state index is -0.626. The van der Waals surface area contributed by atoms with Crippen LogP contribution >= 0.6 is 11.6 Å². The summed E-state index contributed by atoms with van der Waals surface area (Å²) in [6.45, 7) is 4.06. The summed E-state index contributed by atoms with van der Waals surface area (Å²) in [6.07, 6.45) is 2.03. The highest BCUT2D eigenvalue weighted by atomic mass is 35.5. The lowest BCUT2D eigenvalue weighted by Gasteiger charge is -2.18. The van der Waals surface area contributed by atoms with Crippen LogP contribution in [-0.2, 0) is 14.3 Å². The molecule has 0 aliphatic carbocycles. The van der Waals surface area contributed by atoms with E-state index in [0.717, 1.165) is 12.8 Å². The molecule has 1 fully saturated rings. The van der Waals surface area contributed by atoms with Crippen LogP contribution < -0.4 is 10.2 Å². The molecule has 0 spiro atoms. The number of carbonyl (C=O) groups excluding carboxylic acids is 3. The Bertz CT molecular complexity index is 647. The van der Waals surface area contributed by atoms with Crippen molar-refractivity contribution in [1.82, 2.24) is 5.32 Å². The van der Waals surface area contributed by atoms with Crippen LogP contribution in [0.25, 0.3) is 0 Å². The van der Waals surface area contributed by atoms with E-state index in [0.29, 0.717) is 23.7 Å². The molecule has 0 aromatic heterocycles. The first-order chi connectivity index (χ1) is 11.4. The number of rotatable bonds is 6. The molecule has 1 aromatic rings. The van der Waals surface area contributed by atoms with Gasteiger partial charge in [0.25, 0.3) is 5.91 Å². The maximum Gasteiger partial charge on any atom is 0.338 e. The SMILES string of the molecule is CC[C@@H](C)NC(=O)COC(=O)c1ccc(Cl)c(N2CCCC2=O)c1. The number of carbonyl (C=O) groups is 3. The lowest BCUT2D eigenvalue weighted by atomic mass is 10.2. The second-order valence-corrected chi connectivity index (χ2v) is 6.18. The Morgan fingerprint density at radius 1 is 1.42 bits per heavy atom. The third-order valence-electron chi connectivity index (χ3n) is 3.90. The molecule has 0 unspecified atom stereocenters. The van der Waals surface area contributed by atoms with Gasteiger partial charge in [-0.15, -0.1) is 0 Å². The van der Waals surface area contributed by atoms with Crippen molar-refractivity contribution in [2.24, 2.45) is 0 Å². The molecule has 130 valence electrons. The van der Waals surface area contributed by atoms with E-state index < -0.39 is 5.97 Å². The fourth-order valence-corrected chi connectivity index (χ4v) is 2.60. The van der Waals surface area contributed by atoms with Crippen LogP contribution in [0.1, 0.15) is 43.5 Å². The molecule has 2 amide bonds. The average Bonchev–Trinajstić information content (AvgIpc) is 2.98. The maximum atomic E-state index is 12.1. The van der Waals surface area contributed by atoms with Gasteiger partial charge in [0, 0.05) is 19.0 Å². The number of amides is 2. The Morgan fingerprint density at radius 2 is 2.17 bits per heavy atom. The molecule has 1 aromatic carbocycles. The topological polar surface area (TPSA) is 75.7 Å². The van der Waals surface area contributed by atoms with Gasteiger partial charge in [-0.2, -0.15) is 0 Å². The van der Waals surface area contributed by atoms with E-state index in [2.05, 4.69) is 5.32 Å². The van der Waals surface area contributed by atoms with Gasteiger partial charge >= 0.3 is 5.97 Å². The number of hydrogen-bond donors (Lipinski definition) is 1. The van der Waals surface area contributed by atoms with E-state index >= 15 is 0 Å². The van der Waals surface area contributed by atoms with Crippen molar-refractivity contribution in [3.63, 3.8) is 0 Å². The summed E-state index contributed by atoms with van der Waals surface area (Å²) in [4.78, 5) is 37.2. The van der Waals surface area contributed by atoms with Crippen LogP contribution in [0.4, 0.5) is 5.69 Å². The lowest BCUT2D eigenvalue weighted by Crippen LogP contribution is -2.35. The van der Waals surface area contributed by atoms with Crippen LogP contribution in [0.15, 0.2) is 18.2 Å². The van der Waals surface area contributed by atoms with Crippen molar-refractivity contribution in [1.29, 1.82) is 0 Å². The smallest absolute Gasteiger partial charge is 0.338 e. The monoisotopic (exact) mass is 352 g/mol. The molecule has 1 atom stereocenters. The summed E-state index contributed by atoms with van der Waals surface area (Å²) in [5.74, 6) is -0.990. The van der Waals surface area contributed by atoms with Gasteiger partial charge in [-0.25, -0.2) is 4.79 Å². The van der Waals surface area contributed by atoms with Gasteiger partial charge in [-0.1, -0.05) is 18.5 Å². The Labute approximate surface area is 146 Å². The molecule has 7 heteroatoms. The zero-order valence-corrected chi connectivity index (χ0v) is 14.6. The average molecular weight is 353 g/mol. The molecule has 0 bridgehead atoms. The Morgan fingerprint density at radius 3 is 2.79 bits per heavy atom. The summed E-state index contributed by atoms with van der Waals surface area (Å²) in [7, 11) is 0. The molecule has 6 nitrogen and oxygen atoms in total. The summed E-state index contributed by atoms with van der Waals surface area (Å²) in [5.41, 5.74) is 0.753. The summed E-state index contributed by atoms with van der Waals surface area (Å²) >= 11 is 6.14. The predicted molar refractivity (Wildman–Crippen MR) is 91.2 cm³/mol. The highest BCUT2D eigenvalue weighted by molar-refractivity contribution is 6.34. The third kappa shape index (κ3) is 4.47. The molecule has 1 aliphatic rings. The summed E-state index contributed by atoms with van der Waals surface area (Å²) in [6, 6.07) is 4.62. The summed E-state index contributed by atoms with van der Waals surface area (Å²) < 4.78 is 5.02. The van der Waals surface area contributed by atoms with Gasteiger partial charge in [-0.3, -0.25) is 9.59 Å². The first-order valence-corrected chi connectivity index (χ1v) is 8.36. The fourth-order valence-electron chi connectivity index (χ4n) is 2.38. The first kappa shape index (κ1) is 18.3.